The van der Waals surface area contributed by atoms with Gasteiger partial charge in [0.05, 0.1) is 0 Å². The Morgan fingerprint density at radius 1 is 0.565 bits per heavy atom. The zero-order valence-electron chi connectivity index (χ0n) is 28.9. The van der Waals surface area contributed by atoms with Gasteiger partial charge >= 0.3 is 65.6 Å². The molecule has 0 aliphatic heterocycles. The Labute approximate surface area is 295 Å². The van der Waals surface area contributed by atoms with Crippen LogP contribution < -0.4 is 10.6 Å². The third-order valence-electron chi connectivity index (χ3n) is 4.76. The Hall–Kier alpha value is -2.58. The molecule has 14 nitrogen and oxygen atoms in total. The fourth-order valence-electron chi connectivity index (χ4n) is 3.26. The van der Waals surface area contributed by atoms with Crippen molar-refractivity contribution < 1.29 is 57.2 Å². The number of carbonyl (C=O) groups is 6. The van der Waals surface area contributed by atoms with Gasteiger partial charge in [-0.25, -0.2) is 19.2 Å². The second-order valence-electron chi connectivity index (χ2n) is 14.3. The molecule has 0 spiro atoms. The van der Waals surface area contributed by atoms with E-state index in [9.17, 15) is 28.8 Å². The number of rotatable bonds is 13. The number of esters is 4. The monoisotopic (exact) mass is 669 g/mol. The first-order chi connectivity index (χ1) is 20.2. The summed E-state index contributed by atoms with van der Waals surface area (Å²) in [6.45, 7) is 23.1. The van der Waals surface area contributed by atoms with Crippen molar-refractivity contribution in [3.63, 3.8) is 0 Å². The minimum atomic E-state index is -1.32. The van der Waals surface area contributed by atoms with Crippen LogP contribution in [-0.4, -0.2) is 113 Å². The van der Waals surface area contributed by atoms with Gasteiger partial charge in [0.1, 0.15) is 47.2 Å². The standard InChI is InChI=1S/C31H53N2O12.Na.H/c1-19(41-25(37)21(33-27(39)45-31(11,12)13)15-17-23(35)43-29(5,6)7)18-40-24(36)20(32-26(38)44-30(8,9)10)14-16-22(34)42-28(2,3)4;;/h19-21H,1,14-18H2,2-13H3,(H,32,38)(H,33,39);;/t19?,20-,21-;;/m0../s1. The van der Waals surface area contributed by atoms with Crippen LogP contribution in [-0.2, 0) is 47.6 Å². The Kier molecular flexibility index (Phi) is 19.1. The van der Waals surface area contributed by atoms with E-state index in [4.69, 9.17) is 28.4 Å². The average molecular weight is 670 g/mol. The summed E-state index contributed by atoms with van der Waals surface area (Å²) < 4.78 is 31.4. The van der Waals surface area contributed by atoms with Crippen molar-refractivity contribution in [2.45, 2.75) is 149 Å². The molecule has 0 aliphatic carbocycles. The van der Waals surface area contributed by atoms with Crippen LogP contribution in [0, 0.1) is 6.92 Å². The third-order valence-corrected chi connectivity index (χ3v) is 4.76. The fraction of sp³-hybridized carbons (Fsp3) is 0.774. The van der Waals surface area contributed by atoms with E-state index in [0.29, 0.717) is 0 Å². The molecule has 0 aliphatic rings. The van der Waals surface area contributed by atoms with Crippen LogP contribution in [0.3, 0.4) is 0 Å². The molecule has 0 aromatic carbocycles. The number of ether oxygens (including phenoxy) is 6. The van der Waals surface area contributed by atoms with Crippen molar-refractivity contribution in [2.24, 2.45) is 0 Å². The number of alkyl carbamates (subject to hydrolysis) is 2. The van der Waals surface area contributed by atoms with Gasteiger partial charge in [-0.2, -0.15) is 0 Å². The third kappa shape index (κ3) is 24.6. The zero-order chi connectivity index (χ0) is 35.4. The van der Waals surface area contributed by atoms with E-state index in [1.807, 2.05) is 0 Å². The van der Waals surface area contributed by atoms with Crippen molar-refractivity contribution in [2.75, 3.05) is 6.61 Å². The van der Waals surface area contributed by atoms with Gasteiger partial charge in [-0.05, 0) is 103 Å². The maximum atomic E-state index is 13.0. The van der Waals surface area contributed by atoms with Crippen molar-refractivity contribution >= 4 is 65.6 Å². The molecule has 0 aromatic heterocycles. The first-order valence-electron chi connectivity index (χ1n) is 14.8. The summed E-state index contributed by atoms with van der Waals surface area (Å²) >= 11 is 0. The van der Waals surface area contributed by atoms with Gasteiger partial charge in [0.15, 0.2) is 0 Å². The SMILES string of the molecule is [CH2]C(COC(=O)[C@H](CCC(=O)OC(C)(C)C)NC(=O)OC(C)(C)C)OC(=O)[C@H](CCC(=O)OC(C)(C)C)NC(=O)OC(C)(C)C.[NaH]. The molecule has 0 heterocycles. The van der Waals surface area contributed by atoms with Crippen LogP contribution in [0.5, 0.6) is 0 Å². The van der Waals surface area contributed by atoms with Gasteiger partial charge in [0, 0.05) is 12.8 Å². The molecule has 1 unspecified atom stereocenters. The Bertz CT molecular complexity index is 1040. The van der Waals surface area contributed by atoms with Crippen molar-refractivity contribution in [3.05, 3.63) is 6.92 Å². The van der Waals surface area contributed by atoms with E-state index in [0.717, 1.165) is 0 Å². The van der Waals surface area contributed by atoms with Gasteiger partial charge in [-0.3, -0.25) is 9.59 Å². The normalized spacial score (nSPS) is 13.8. The average Bonchev–Trinajstić information content (AvgIpc) is 2.78. The molecule has 0 aromatic rings. The van der Waals surface area contributed by atoms with Crippen LogP contribution in [0.25, 0.3) is 0 Å². The maximum absolute atomic E-state index is 13.0. The number of carbonyl (C=O) groups excluding carboxylic acids is 6. The second-order valence-corrected chi connectivity index (χ2v) is 14.3. The first-order valence-corrected chi connectivity index (χ1v) is 14.8. The zero-order valence-corrected chi connectivity index (χ0v) is 28.9. The van der Waals surface area contributed by atoms with Gasteiger partial charge in [0.25, 0.3) is 0 Å². The predicted octanol–water partition coefficient (Wildman–Crippen LogP) is 3.66. The first kappa shape index (κ1) is 45.5. The molecule has 0 fully saturated rings. The molecule has 15 heteroatoms. The molecular formula is C31H54N2NaO12. The Balaban J connectivity index is 0. The van der Waals surface area contributed by atoms with Gasteiger partial charge < -0.3 is 39.1 Å². The predicted molar refractivity (Wildman–Crippen MR) is 170 cm³/mol. The van der Waals surface area contributed by atoms with Gasteiger partial charge in [0.2, 0.25) is 0 Å². The molecule has 1 radical (unpaired) electrons. The van der Waals surface area contributed by atoms with Crippen molar-refractivity contribution in [1.29, 1.82) is 0 Å². The summed E-state index contributed by atoms with van der Waals surface area (Å²) in [5.41, 5.74) is -3.22. The van der Waals surface area contributed by atoms with E-state index in [2.05, 4.69) is 17.6 Å². The molecule has 0 bridgehead atoms. The number of hydrogen-bond acceptors (Lipinski definition) is 12. The van der Waals surface area contributed by atoms with Gasteiger partial charge in [-0.15, -0.1) is 0 Å². The second kappa shape index (κ2) is 19.3. The minimum absolute atomic E-state index is 0. The summed E-state index contributed by atoms with van der Waals surface area (Å²) in [4.78, 5) is 75.0. The van der Waals surface area contributed by atoms with Crippen LogP contribution >= 0.6 is 0 Å². The van der Waals surface area contributed by atoms with E-state index < -0.39 is 83.3 Å². The topological polar surface area (TPSA) is 182 Å². The summed E-state index contributed by atoms with van der Waals surface area (Å²) in [6, 6.07) is -2.62. The molecule has 2 amide bonds. The quantitative estimate of drug-likeness (QED) is 0.165. The number of amides is 2. The molecule has 0 saturated heterocycles. The number of hydrogen-bond donors (Lipinski definition) is 2. The van der Waals surface area contributed by atoms with Crippen molar-refractivity contribution in [1.82, 2.24) is 10.6 Å². The Morgan fingerprint density at radius 3 is 1.22 bits per heavy atom. The van der Waals surface area contributed by atoms with E-state index in [1.54, 1.807) is 83.1 Å². The van der Waals surface area contributed by atoms with E-state index >= 15 is 0 Å². The summed E-state index contributed by atoms with van der Waals surface area (Å²) in [5, 5.41) is 4.76. The summed E-state index contributed by atoms with van der Waals surface area (Å²) in [6.07, 6.45) is -3.86. The van der Waals surface area contributed by atoms with Crippen molar-refractivity contribution in [3.8, 4) is 0 Å². The molecule has 0 rings (SSSR count). The number of nitrogens with one attached hydrogen (secondary N) is 2. The molecule has 261 valence electrons. The van der Waals surface area contributed by atoms with Crippen LogP contribution in [0.2, 0.25) is 0 Å². The molecule has 2 N–H and O–H groups in total. The summed E-state index contributed by atoms with van der Waals surface area (Å²) in [7, 11) is 0. The molecule has 46 heavy (non-hydrogen) atoms. The van der Waals surface area contributed by atoms with E-state index in [1.165, 1.54) is 0 Å². The van der Waals surface area contributed by atoms with Crippen LogP contribution in [0.1, 0.15) is 109 Å². The summed E-state index contributed by atoms with van der Waals surface area (Å²) in [5.74, 6) is -3.09. The molecule has 3 atom stereocenters. The van der Waals surface area contributed by atoms with Gasteiger partial charge in [-0.1, -0.05) is 0 Å². The van der Waals surface area contributed by atoms with Crippen LogP contribution in [0.4, 0.5) is 9.59 Å². The fourth-order valence-corrected chi connectivity index (χ4v) is 3.26. The molecular weight excluding hydrogens is 615 g/mol. The molecule has 0 saturated carbocycles. The van der Waals surface area contributed by atoms with E-state index in [-0.39, 0.29) is 55.2 Å². The Morgan fingerprint density at radius 2 is 0.891 bits per heavy atom. The van der Waals surface area contributed by atoms with Crippen LogP contribution in [0.15, 0.2) is 0 Å².